The SMILES string of the molecule is CCn1cc(C(O)c2cc(F)nn2-c2ccc(F)cc2C(C)Oc2cc(Br)cnc2[N+](=O)[O-])cn1.CCn1cc(Cc2cc(F)nn2-c2ccc(F)cc2C(C)Oc2cc(Br)cnc2[N+](=O)[O-])cn1. The zero-order valence-corrected chi connectivity index (χ0v) is 39.8. The zero-order valence-electron chi connectivity index (χ0n) is 36.6. The third-order valence-electron chi connectivity index (χ3n) is 10.3. The maximum Gasteiger partial charge on any atom is 0.406 e. The molecule has 2 aromatic carbocycles. The van der Waals surface area contributed by atoms with Crippen molar-refractivity contribution in [3.8, 4) is 22.9 Å². The summed E-state index contributed by atoms with van der Waals surface area (Å²) in [6, 6.07) is 12.7. The number of aliphatic hydroxyl groups is 1. The average Bonchev–Trinajstić information content (AvgIpc) is 4.13. The van der Waals surface area contributed by atoms with E-state index in [1.165, 1.54) is 65.7 Å². The number of aliphatic hydroxyl groups excluding tert-OH is 1. The Morgan fingerprint density at radius 3 is 1.68 bits per heavy atom. The van der Waals surface area contributed by atoms with E-state index < -0.39 is 63.3 Å². The molecule has 0 radical (unpaired) electrons. The van der Waals surface area contributed by atoms with Gasteiger partial charge in [-0.25, -0.2) is 18.1 Å². The molecule has 0 fully saturated rings. The summed E-state index contributed by atoms with van der Waals surface area (Å²) in [6.45, 7) is 8.26. The molecule has 19 nitrogen and oxygen atoms in total. The fourth-order valence-corrected chi connectivity index (χ4v) is 7.71. The third kappa shape index (κ3) is 11.5. The molecule has 3 atom stereocenters. The molecule has 358 valence electrons. The first-order chi connectivity index (χ1) is 32.9. The number of benzene rings is 2. The van der Waals surface area contributed by atoms with Crippen LogP contribution in [0.4, 0.5) is 29.2 Å². The summed E-state index contributed by atoms with van der Waals surface area (Å²) >= 11 is 6.41. The van der Waals surface area contributed by atoms with Gasteiger partial charge >= 0.3 is 11.6 Å². The normalized spacial score (nSPS) is 12.5. The molecular weight excluding hydrogens is 1040 g/mol. The quantitative estimate of drug-likeness (QED) is 0.0541. The average molecular weight is 1080 g/mol. The Morgan fingerprint density at radius 2 is 1.17 bits per heavy atom. The number of aromatic nitrogens is 10. The Hall–Kier alpha value is -7.38. The van der Waals surface area contributed by atoms with Gasteiger partial charge in [-0.05, 0) is 121 Å². The second-order valence-electron chi connectivity index (χ2n) is 15.0. The molecule has 0 spiro atoms. The van der Waals surface area contributed by atoms with Crippen LogP contribution in [0, 0.1) is 43.8 Å². The molecule has 6 aromatic heterocycles. The first-order valence-corrected chi connectivity index (χ1v) is 22.3. The van der Waals surface area contributed by atoms with E-state index in [2.05, 4.69) is 62.2 Å². The summed E-state index contributed by atoms with van der Waals surface area (Å²) in [6.07, 6.45) is 6.41. The molecule has 0 aliphatic rings. The van der Waals surface area contributed by atoms with E-state index >= 15 is 0 Å². The number of rotatable bonds is 16. The van der Waals surface area contributed by atoms with Crippen molar-refractivity contribution in [2.45, 2.75) is 65.5 Å². The van der Waals surface area contributed by atoms with Gasteiger partial charge in [0.05, 0.1) is 44.1 Å². The number of aryl methyl sites for hydroxylation is 2. The second-order valence-corrected chi connectivity index (χ2v) is 16.8. The fraction of sp³-hybridized carbons (Fsp3) is 0.227. The highest BCUT2D eigenvalue weighted by atomic mass is 79.9. The van der Waals surface area contributed by atoms with Gasteiger partial charge in [-0.3, -0.25) is 9.36 Å². The van der Waals surface area contributed by atoms with Gasteiger partial charge in [-0.1, -0.05) is 0 Å². The van der Waals surface area contributed by atoms with Crippen LogP contribution < -0.4 is 9.47 Å². The minimum atomic E-state index is -1.28. The molecule has 8 aromatic rings. The summed E-state index contributed by atoms with van der Waals surface area (Å²) in [7, 11) is 0. The number of hydrogen-bond donors (Lipinski definition) is 1. The Balaban J connectivity index is 0.000000204. The van der Waals surface area contributed by atoms with Crippen LogP contribution >= 0.6 is 31.9 Å². The minimum absolute atomic E-state index is 0.0771. The topological polar surface area (TPSA) is 222 Å². The smallest absolute Gasteiger partial charge is 0.406 e. The van der Waals surface area contributed by atoms with Crippen LogP contribution in [0.2, 0.25) is 0 Å². The van der Waals surface area contributed by atoms with Crippen molar-refractivity contribution >= 4 is 43.5 Å². The molecule has 8 rings (SSSR count). The molecule has 0 aliphatic carbocycles. The third-order valence-corrected chi connectivity index (χ3v) is 11.2. The highest BCUT2D eigenvalue weighted by molar-refractivity contribution is 9.10. The van der Waals surface area contributed by atoms with Crippen LogP contribution in [0.5, 0.6) is 11.5 Å². The lowest BCUT2D eigenvalue weighted by molar-refractivity contribution is -0.390. The van der Waals surface area contributed by atoms with Gasteiger partial charge in [-0.2, -0.15) is 19.0 Å². The van der Waals surface area contributed by atoms with Gasteiger partial charge in [0.1, 0.15) is 29.9 Å². The summed E-state index contributed by atoms with van der Waals surface area (Å²) in [5.41, 5.74) is 2.98. The largest absolute Gasteiger partial charge is 0.478 e. The van der Waals surface area contributed by atoms with Gasteiger partial charge in [0.2, 0.25) is 23.4 Å². The van der Waals surface area contributed by atoms with E-state index in [9.17, 15) is 42.9 Å². The van der Waals surface area contributed by atoms with Crippen molar-refractivity contribution in [1.29, 1.82) is 0 Å². The van der Waals surface area contributed by atoms with E-state index in [0.29, 0.717) is 51.0 Å². The summed E-state index contributed by atoms with van der Waals surface area (Å²) < 4.78 is 75.5. The van der Waals surface area contributed by atoms with Crippen molar-refractivity contribution in [2.24, 2.45) is 0 Å². The molecule has 69 heavy (non-hydrogen) atoms. The molecule has 0 saturated carbocycles. The first kappa shape index (κ1) is 49.5. The zero-order chi connectivity index (χ0) is 49.7. The van der Waals surface area contributed by atoms with Crippen LogP contribution in [0.1, 0.15) is 79.6 Å². The lowest BCUT2D eigenvalue weighted by Crippen LogP contribution is -2.14. The van der Waals surface area contributed by atoms with E-state index in [1.54, 1.807) is 35.6 Å². The molecule has 0 aliphatic heterocycles. The Kier molecular flexibility index (Phi) is 15.3. The van der Waals surface area contributed by atoms with E-state index in [1.807, 2.05) is 20.0 Å². The molecule has 6 heterocycles. The van der Waals surface area contributed by atoms with Crippen molar-refractivity contribution in [2.75, 3.05) is 0 Å². The summed E-state index contributed by atoms with van der Waals surface area (Å²) in [4.78, 5) is 28.9. The minimum Gasteiger partial charge on any atom is -0.478 e. The van der Waals surface area contributed by atoms with Crippen molar-refractivity contribution in [1.82, 2.24) is 49.1 Å². The number of nitrogens with zero attached hydrogens (tertiary/aromatic N) is 12. The van der Waals surface area contributed by atoms with Gasteiger partial charge in [-0.15, -0.1) is 10.2 Å². The first-order valence-electron chi connectivity index (χ1n) is 20.7. The van der Waals surface area contributed by atoms with Gasteiger partial charge in [0.15, 0.2) is 12.4 Å². The van der Waals surface area contributed by atoms with E-state index in [4.69, 9.17) is 9.47 Å². The van der Waals surface area contributed by atoms with Gasteiger partial charge in [0, 0.05) is 72.9 Å². The molecule has 0 bridgehead atoms. The maximum atomic E-state index is 14.3. The lowest BCUT2D eigenvalue weighted by Gasteiger charge is -2.20. The number of nitro groups is 2. The number of hydrogen-bond acceptors (Lipinski definition) is 13. The Morgan fingerprint density at radius 1 is 0.681 bits per heavy atom. The van der Waals surface area contributed by atoms with Crippen molar-refractivity contribution in [3.05, 3.63) is 184 Å². The fourth-order valence-electron chi connectivity index (χ4n) is 7.09. The maximum absolute atomic E-state index is 14.3. The lowest BCUT2D eigenvalue weighted by atomic mass is 10.1. The van der Waals surface area contributed by atoms with E-state index in [-0.39, 0.29) is 28.4 Å². The van der Waals surface area contributed by atoms with Crippen LogP contribution in [-0.4, -0.2) is 64.0 Å². The van der Waals surface area contributed by atoms with Crippen LogP contribution in [0.15, 0.2) is 107 Å². The number of halogens is 6. The Labute approximate surface area is 405 Å². The van der Waals surface area contributed by atoms with Crippen molar-refractivity contribution < 1.29 is 42.0 Å². The number of pyridine rings is 2. The summed E-state index contributed by atoms with van der Waals surface area (Å²) in [5, 5.41) is 49.8. The van der Waals surface area contributed by atoms with Crippen molar-refractivity contribution in [3.63, 3.8) is 0 Å². The van der Waals surface area contributed by atoms with Crippen LogP contribution in [0.25, 0.3) is 11.4 Å². The van der Waals surface area contributed by atoms with E-state index in [0.717, 1.165) is 28.4 Å². The molecule has 3 unspecified atom stereocenters. The standard InChI is InChI=1S/C22H19BrF2N6O4.C22H19BrF2N6O3/c1-3-29-11-13(9-27-29)21(32)18-8-20(25)28-30(18)17-5-4-15(24)7-16(17)12(2)35-19-6-14(23)10-26-22(19)31(33)34;1-3-29-12-14(10-27-29)6-17-9-21(25)28-30(17)19-5-4-16(24)8-18(19)13(2)34-20-7-15(23)11-26-22(20)31(32)33/h4-12,21,32H,3H2,1-2H3;4-5,7-13H,3,6H2,1-2H3. The van der Waals surface area contributed by atoms with Crippen LogP contribution in [0.3, 0.4) is 0 Å². The molecule has 25 heteroatoms. The Bertz CT molecular complexity index is 3160. The highest BCUT2D eigenvalue weighted by Gasteiger charge is 2.27. The molecular formula is C44H38Br2F4N12O7. The molecule has 0 amide bonds. The monoisotopic (exact) mass is 1080 g/mol. The highest BCUT2D eigenvalue weighted by Crippen LogP contribution is 2.36. The van der Waals surface area contributed by atoms with Crippen LogP contribution in [-0.2, 0) is 19.5 Å². The number of ether oxygens (including phenoxy) is 2. The van der Waals surface area contributed by atoms with Gasteiger partial charge < -0.3 is 34.8 Å². The summed E-state index contributed by atoms with van der Waals surface area (Å²) in [5.74, 6) is -3.97. The predicted octanol–water partition coefficient (Wildman–Crippen LogP) is 9.82. The molecule has 1 N–H and O–H groups in total. The molecule has 0 saturated heterocycles. The van der Waals surface area contributed by atoms with Gasteiger partial charge in [0.25, 0.3) is 0 Å². The predicted molar refractivity (Wildman–Crippen MR) is 245 cm³/mol. The second kappa shape index (κ2) is 21.3.